The van der Waals surface area contributed by atoms with Crippen molar-refractivity contribution in [3.8, 4) is 11.5 Å². The number of guanidine groups is 2. The third kappa shape index (κ3) is 6.00. The molecule has 0 fully saturated rings. The summed E-state index contributed by atoms with van der Waals surface area (Å²) in [5.74, 6) is 1.83. The van der Waals surface area contributed by atoms with E-state index in [4.69, 9.17) is 16.2 Å². The quantitative estimate of drug-likeness (QED) is 0.595. The summed E-state index contributed by atoms with van der Waals surface area (Å²) in [5, 5.41) is 2.96. The highest BCUT2D eigenvalue weighted by Crippen LogP contribution is 2.22. The van der Waals surface area contributed by atoms with Crippen molar-refractivity contribution in [2.75, 3.05) is 5.32 Å². The third-order valence-corrected chi connectivity index (χ3v) is 2.79. The molecule has 0 radical (unpaired) electrons. The number of hydrogen-bond acceptors (Lipinski definition) is 2. The second kappa shape index (κ2) is 7.50. The molecule has 0 aliphatic heterocycles. The fourth-order valence-corrected chi connectivity index (χ4v) is 1.90. The molecule has 126 valence electrons. The Hall–Kier alpha value is -3.02. The fourth-order valence-electron chi connectivity index (χ4n) is 1.90. The molecular weight excluding hydrogens is 302 g/mol. The second-order valence-corrected chi connectivity index (χ2v) is 6.20. The van der Waals surface area contributed by atoms with E-state index in [1.54, 1.807) is 0 Å². The summed E-state index contributed by atoms with van der Waals surface area (Å²) < 4.78 is 5.73. The summed E-state index contributed by atoms with van der Waals surface area (Å²) in [7, 11) is 0. The minimum Gasteiger partial charge on any atom is -0.457 e. The van der Waals surface area contributed by atoms with E-state index in [-0.39, 0.29) is 17.5 Å². The Bertz CT molecular complexity index is 715. The van der Waals surface area contributed by atoms with Gasteiger partial charge < -0.3 is 21.5 Å². The number of nitrogens with one attached hydrogen (secondary N) is 1. The normalized spacial score (nSPS) is 12.8. The maximum atomic E-state index is 5.83. The highest BCUT2D eigenvalue weighted by atomic mass is 16.5. The molecule has 0 atom stereocenters. The van der Waals surface area contributed by atoms with Gasteiger partial charge >= 0.3 is 0 Å². The van der Waals surface area contributed by atoms with Gasteiger partial charge in [-0.15, -0.1) is 0 Å². The van der Waals surface area contributed by atoms with E-state index in [0.717, 1.165) is 17.2 Å². The molecule has 2 rings (SSSR count). The smallest absolute Gasteiger partial charge is 0.219 e. The number of benzene rings is 2. The molecule has 6 nitrogen and oxygen atoms in total. The summed E-state index contributed by atoms with van der Waals surface area (Å²) in [6.07, 6.45) is 0. The van der Waals surface area contributed by atoms with Crippen LogP contribution in [0.25, 0.3) is 0 Å². The van der Waals surface area contributed by atoms with Crippen LogP contribution in [0.15, 0.2) is 64.6 Å². The maximum Gasteiger partial charge on any atom is 0.219 e. The molecule has 5 N–H and O–H groups in total. The lowest BCUT2D eigenvalue weighted by Gasteiger charge is -2.12. The Labute approximate surface area is 142 Å². The minimum absolute atomic E-state index is 0.136. The Morgan fingerprint density at radius 1 is 0.917 bits per heavy atom. The number of aliphatic imine (C=N–C) groups is 2. The summed E-state index contributed by atoms with van der Waals surface area (Å²) in [6, 6.07) is 17.0. The van der Waals surface area contributed by atoms with E-state index in [9.17, 15) is 0 Å². The van der Waals surface area contributed by atoms with Crippen LogP contribution in [0.2, 0.25) is 0 Å². The minimum atomic E-state index is -0.301. The van der Waals surface area contributed by atoms with Gasteiger partial charge in [-0.25, -0.2) is 4.99 Å². The van der Waals surface area contributed by atoms with Gasteiger partial charge in [0.15, 0.2) is 0 Å². The number of anilines is 1. The van der Waals surface area contributed by atoms with Crippen molar-refractivity contribution in [1.82, 2.24) is 0 Å². The van der Waals surface area contributed by atoms with Crippen LogP contribution in [-0.4, -0.2) is 17.5 Å². The van der Waals surface area contributed by atoms with E-state index >= 15 is 0 Å². The van der Waals surface area contributed by atoms with Crippen molar-refractivity contribution in [2.24, 2.45) is 21.5 Å². The topological polar surface area (TPSA) is 98.0 Å². The lowest BCUT2D eigenvalue weighted by atomic mass is 10.1. The molecule has 0 aliphatic rings. The number of nitrogens with two attached hydrogens (primary N) is 2. The lowest BCUT2D eigenvalue weighted by molar-refractivity contribution is 0.483. The van der Waals surface area contributed by atoms with Gasteiger partial charge in [-0.2, -0.15) is 4.99 Å². The number of rotatable bonds is 3. The van der Waals surface area contributed by atoms with Gasteiger partial charge in [-0.3, -0.25) is 0 Å². The van der Waals surface area contributed by atoms with Gasteiger partial charge in [0, 0.05) is 5.69 Å². The van der Waals surface area contributed by atoms with Crippen molar-refractivity contribution in [1.29, 1.82) is 0 Å². The molecule has 6 heteroatoms. The average Bonchev–Trinajstić information content (AvgIpc) is 2.48. The van der Waals surface area contributed by atoms with Gasteiger partial charge in [0.05, 0.1) is 5.54 Å². The largest absolute Gasteiger partial charge is 0.457 e. The van der Waals surface area contributed by atoms with Gasteiger partial charge in [0.25, 0.3) is 0 Å². The average molecular weight is 325 g/mol. The first-order valence-corrected chi connectivity index (χ1v) is 7.61. The van der Waals surface area contributed by atoms with Crippen LogP contribution < -0.4 is 21.5 Å². The van der Waals surface area contributed by atoms with Crippen LogP contribution in [0.4, 0.5) is 5.69 Å². The van der Waals surface area contributed by atoms with Crippen molar-refractivity contribution in [2.45, 2.75) is 26.3 Å². The Balaban J connectivity index is 2.00. The first-order valence-electron chi connectivity index (χ1n) is 7.61. The lowest BCUT2D eigenvalue weighted by Crippen LogP contribution is -2.27. The van der Waals surface area contributed by atoms with Gasteiger partial charge in [0.1, 0.15) is 11.5 Å². The molecule has 2 aromatic rings. The van der Waals surface area contributed by atoms with E-state index in [2.05, 4.69) is 15.3 Å². The Morgan fingerprint density at radius 2 is 1.50 bits per heavy atom. The first-order chi connectivity index (χ1) is 11.3. The third-order valence-electron chi connectivity index (χ3n) is 2.79. The highest BCUT2D eigenvalue weighted by molar-refractivity contribution is 6.00. The second-order valence-electron chi connectivity index (χ2n) is 6.20. The predicted molar refractivity (Wildman–Crippen MR) is 99.6 cm³/mol. The first kappa shape index (κ1) is 17.3. The summed E-state index contributed by atoms with van der Waals surface area (Å²) in [5.41, 5.74) is 12.1. The highest BCUT2D eigenvalue weighted by Gasteiger charge is 2.08. The van der Waals surface area contributed by atoms with Crippen molar-refractivity contribution >= 4 is 17.6 Å². The van der Waals surface area contributed by atoms with Crippen LogP contribution in [0.1, 0.15) is 20.8 Å². The van der Waals surface area contributed by atoms with Crippen molar-refractivity contribution in [3.63, 3.8) is 0 Å². The van der Waals surface area contributed by atoms with E-state index in [1.807, 2.05) is 75.4 Å². The van der Waals surface area contributed by atoms with Crippen LogP contribution >= 0.6 is 0 Å². The van der Waals surface area contributed by atoms with Crippen LogP contribution in [0.3, 0.4) is 0 Å². The molecule has 24 heavy (non-hydrogen) atoms. The van der Waals surface area contributed by atoms with Crippen LogP contribution in [0.5, 0.6) is 11.5 Å². The molecule has 0 heterocycles. The molecule has 2 aromatic carbocycles. The predicted octanol–water partition coefficient (Wildman–Crippen LogP) is 3.32. The molecule has 0 aromatic heterocycles. The van der Waals surface area contributed by atoms with Gasteiger partial charge in [0.2, 0.25) is 11.9 Å². The molecule has 0 bridgehead atoms. The summed E-state index contributed by atoms with van der Waals surface area (Å²) in [6.45, 7) is 5.80. The molecule has 0 aliphatic carbocycles. The fraction of sp³-hybridized carbons (Fsp3) is 0.222. The molecule has 0 saturated carbocycles. The number of para-hydroxylation sites is 1. The summed E-state index contributed by atoms with van der Waals surface area (Å²) >= 11 is 0. The number of hydrogen-bond donors (Lipinski definition) is 3. The standard InChI is InChI=1S/C18H23N5O/c1-18(2,3)23-17(20)22-16(19)21-13-9-11-15(12-10-13)24-14-7-5-4-6-8-14/h4-12H,1-3H3,(H5,19,20,21,22,23). The van der Waals surface area contributed by atoms with Crippen molar-refractivity contribution in [3.05, 3.63) is 54.6 Å². The Kier molecular flexibility index (Phi) is 5.42. The zero-order valence-corrected chi connectivity index (χ0v) is 14.2. The summed E-state index contributed by atoms with van der Waals surface area (Å²) in [4.78, 5) is 8.25. The maximum absolute atomic E-state index is 5.83. The number of nitrogens with zero attached hydrogens (tertiary/aromatic N) is 2. The molecule has 0 saturated heterocycles. The number of ether oxygens (including phenoxy) is 1. The monoisotopic (exact) mass is 325 g/mol. The van der Waals surface area contributed by atoms with Crippen LogP contribution in [-0.2, 0) is 0 Å². The van der Waals surface area contributed by atoms with Crippen LogP contribution in [0, 0.1) is 0 Å². The SMILES string of the molecule is CC(C)(C)N=C(N)/N=C(\N)Nc1ccc(Oc2ccccc2)cc1. The molecular formula is C18H23N5O. The molecule has 0 spiro atoms. The van der Waals surface area contributed by atoms with Crippen molar-refractivity contribution < 1.29 is 4.74 Å². The van der Waals surface area contributed by atoms with Gasteiger partial charge in [-0.05, 0) is 57.2 Å². The van der Waals surface area contributed by atoms with E-state index < -0.39 is 0 Å². The molecule has 0 amide bonds. The molecule has 0 unspecified atom stereocenters. The van der Waals surface area contributed by atoms with E-state index in [0.29, 0.717) is 0 Å². The Morgan fingerprint density at radius 3 is 2.08 bits per heavy atom. The van der Waals surface area contributed by atoms with E-state index in [1.165, 1.54) is 0 Å². The zero-order chi connectivity index (χ0) is 17.6. The van der Waals surface area contributed by atoms with Gasteiger partial charge in [-0.1, -0.05) is 18.2 Å². The zero-order valence-electron chi connectivity index (χ0n) is 14.2.